The van der Waals surface area contributed by atoms with Gasteiger partial charge < -0.3 is 14.8 Å². The Morgan fingerprint density at radius 3 is 2.63 bits per heavy atom. The molecule has 0 bridgehead atoms. The van der Waals surface area contributed by atoms with E-state index in [1.165, 1.54) is 18.4 Å². The predicted molar refractivity (Wildman–Crippen MR) is 81.2 cm³/mol. The molecule has 1 N–H and O–H groups in total. The maximum absolute atomic E-state index is 5.73. The van der Waals surface area contributed by atoms with Crippen LogP contribution in [-0.4, -0.2) is 26.3 Å². The fraction of sp³-hybridized carbons (Fsp3) is 0.600. The Morgan fingerprint density at radius 2 is 1.89 bits per heavy atom. The first kappa shape index (κ1) is 14.7. The lowest BCUT2D eigenvalue weighted by atomic mass is 10.1. The van der Waals surface area contributed by atoms with Crippen molar-refractivity contribution in [2.24, 2.45) is 0 Å². The van der Waals surface area contributed by atoms with E-state index in [1.54, 1.807) is 0 Å². The van der Waals surface area contributed by atoms with E-state index in [2.05, 4.69) is 34.2 Å². The second kappa shape index (κ2) is 7.75. The zero-order chi connectivity index (χ0) is 13.5. The summed E-state index contributed by atoms with van der Waals surface area (Å²) in [6.45, 7) is 5.77. The van der Waals surface area contributed by atoms with Crippen molar-refractivity contribution >= 4 is 15.9 Å². The van der Waals surface area contributed by atoms with Gasteiger partial charge in [0.05, 0.1) is 13.2 Å². The smallest absolute Gasteiger partial charge is 0.162 e. The van der Waals surface area contributed by atoms with Crippen molar-refractivity contribution in [3.05, 3.63) is 22.2 Å². The quantitative estimate of drug-likeness (QED) is 0.810. The first-order valence-electron chi connectivity index (χ1n) is 7.10. The van der Waals surface area contributed by atoms with Crippen LogP contribution in [0.5, 0.6) is 11.5 Å². The van der Waals surface area contributed by atoms with Crippen LogP contribution in [0.25, 0.3) is 0 Å². The van der Waals surface area contributed by atoms with Gasteiger partial charge in [0.2, 0.25) is 0 Å². The summed E-state index contributed by atoms with van der Waals surface area (Å²) < 4.78 is 12.5. The summed E-state index contributed by atoms with van der Waals surface area (Å²) in [5, 5.41) is 3.35. The van der Waals surface area contributed by atoms with E-state index in [0.29, 0.717) is 0 Å². The average Bonchev–Trinajstić information content (AvgIpc) is 2.63. The number of unbranched alkanes of at least 4 members (excludes halogenated alkanes) is 1. The second-order valence-electron chi connectivity index (χ2n) is 4.75. The molecule has 0 spiro atoms. The third kappa shape index (κ3) is 4.39. The van der Waals surface area contributed by atoms with Crippen molar-refractivity contribution in [3.8, 4) is 11.5 Å². The van der Waals surface area contributed by atoms with Gasteiger partial charge in [-0.1, -0.05) is 22.9 Å². The number of ether oxygens (including phenoxy) is 2. The molecule has 106 valence electrons. The van der Waals surface area contributed by atoms with Crippen LogP contribution in [-0.2, 0) is 6.42 Å². The van der Waals surface area contributed by atoms with Crippen molar-refractivity contribution in [3.63, 3.8) is 0 Å². The highest BCUT2D eigenvalue weighted by Crippen LogP contribution is 2.35. The van der Waals surface area contributed by atoms with Crippen LogP contribution in [0.15, 0.2) is 16.6 Å². The Morgan fingerprint density at radius 1 is 1.16 bits per heavy atom. The van der Waals surface area contributed by atoms with Gasteiger partial charge in [-0.2, -0.15) is 0 Å². The van der Waals surface area contributed by atoms with E-state index >= 15 is 0 Å². The third-order valence-electron chi connectivity index (χ3n) is 3.22. The van der Waals surface area contributed by atoms with Gasteiger partial charge in [0, 0.05) is 10.9 Å². The molecule has 1 aromatic carbocycles. The Labute approximate surface area is 123 Å². The summed E-state index contributed by atoms with van der Waals surface area (Å²) in [5.41, 5.74) is 1.31. The van der Waals surface area contributed by atoms with E-state index in [9.17, 15) is 0 Å². The number of hydrogen-bond donors (Lipinski definition) is 1. The first-order valence-corrected chi connectivity index (χ1v) is 7.89. The number of fused-ring (bicyclic) bond motifs is 1. The van der Waals surface area contributed by atoms with Gasteiger partial charge in [0.25, 0.3) is 0 Å². The second-order valence-corrected chi connectivity index (χ2v) is 5.61. The molecule has 0 aromatic heterocycles. The molecule has 1 heterocycles. The monoisotopic (exact) mass is 327 g/mol. The number of rotatable bonds is 6. The maximum atomic E-state index is 5.73. The van der Waals surface area contributed by atoms with Crippen molar-refractivity contribution in [1.82, 2.24) is 5.32 Å². The van der Waals surface area contributed by atoms with Crippen LogP contribution < -0.4 is 14.8 Å². The lowest BCUT2D eigenvalue weighted by Gasteiger charge is -2.11. The molecule has 1 aliphatic heterocycles. The third-order valence-corrected chi connectivity index (χ3v) is 3.95. The van der Waals surface area contributed by atoms with Gasteiger partial charge in [-0.15, -0.1) is 0 Å². The van der Waals surface area contributed by atoms with Gasteiger partial charge in [-0.05, 0) is 50.0 Å². The molecule has 1 aromatic rings. The average molecular weight is 328 g/mol. The van der Waals surface area contributed by atoms with Crippen LogP contribution >= 0.6 is 15.9 Å². The Hall–Kier alpha value is -0.740. The van der Waals surface area contributed by atoms with Crippen LogP contribution in [0.1, 0.15) is 31.7 Å². The van der Waals surface area contributed by atoms with E-state index in [4.69, 9.17) is 9.47 Å². The standard InChI is InChI=1S/C15H22BrNO2/c1-2-17-7-4-3-6-12-10-14-15(11-13(12)16)19-9-5-8-18-14/h10-11,17H,2-9H2,1H3. The molecule has 3 nitrogen and oxygen atoms in total. The van der Waals surface area contributed by atoms with E-state index in [0.717, 1.165) is 55.1 Å². The van der Waals surface area contributed by atoms with Crippen LogP contribution in [0.4, 0.5) is 0 Å². The normalized spacial score (nSPS) is 14.2. The topological polar surface area (TPSA) is 30.5 Å². The van der Waals surface area contributed by atoms with E-state index in [-0.39, 0.29) is 0 Å². The molecule has 0 fully saturated rings. The lowest BCUT2D eigenvalue weighted by molar-refractivity contribution is 0.297. The van der Waals surface area contributed by atoms with Gasteiger partial charge >= 0.3 is 0 Å². The molecule has 1 aliphatic rings. The summed E-state index contributed by atoms with van der Waals surface area (Å²) in [6, 6.07) is 4.16. The van der Waals surface area contributed by atoms with Crippen molar-refractivity contribution in [1.29, 1.82) is 0 Å². The summed E-state index contributed by atoms with van der Waals surface area (Å²) in [7, 11) is 0. The lowest BCUT2D eigenvalue weighted by Crippen LogP contribution is -2.13. The van der Waals surface area contributed by atoms with Crippen molar-refractivity contribution in [2.45, 2.75) is 32.6 Å². The highest BCUT2D eigenvalue weighted by Gasteiger charge is 2.13. The Bertz CT molecular complexity index is 409. The maximum Gasteiger partial charge on any atom is 0.162 e. The molecule has 0 aliphatic carbocycles. The fourth-order valence-electron chi connectivity index (χ4n) is 2.16. The van der Waals surface area contributed by atoms with Gasteiger partial charge in [-0.3, -0.25) is 0 Å². The summed E-state index contributed by atoms with van der Waals surface area (Å²) >= 11 is 3.63. The number of benzene rings is 1. The molecule has 0 saturated carbocycles. The summed E-state index contributed by atoms with van der Waals surface area (Å²) in [5.74, 6) is 1.75. The Kier molecular flexibility index (Phi) is 5.98. The van der Waals surface area contributed by atoms with Crippen LogP contribution in [0.2, 0.25) is 0 Å². The van der Waals surface area contributed by atoms with Gasteiger partial charge in [0.1, 0.15) is 0 Å². The SMILES string of the molecule is CCNCCCCc1cc2c(cc1Br)OCCCO2. The molecular weight excluding hydrogens is 306 g/mol. The molecule has 19 heavy (non-hydrogen) atoms. The summed E-state index contributed by atoms with van der Waals surface area (Å²) in [6.07, 6.45) is 4.41. The number of aryl methyl sites for hydroxylation is 1. The van der Waals surface area contributed by atoms with E-state index in [1.807, 2.05) is 6.07 Å². The minimum absolute atomic E-state index is 0.738. The zero-order valence-electron chi connectivity index (χ0n) is 11.5. The Balaban J connectivity index is 1.95. The molecule has 0 amide bonds. The van der Waals surface area contributed by atoms with Crippen LogP contribution in [0.3, 0.4) is 0 Å². The van der Waals surface area contributed by atoms with E-state index < -0.39 is 0 Å². The molecule has 2 rings (SSSR count). The van der Waals surface area contributed by atoms with Gasteiger partial charge in [0.15, 0.2) is 11.5 Å². The number of nitrogens with one attached hydrogen (secondary N) is 1. The fourth-order valence-corrected chi connectivity index (χ4v) is 2.68. The zero-order valence-corrected chi connectivity index (χ0v) is 13.1. The first-order chi connectivity index (χ1) is 9.31. The minimum atomic E-state index is 0.738. The largest absolute Gasteiger partial charge is 0.490 e. The minimum Gasteiger partial charge on any atom is -0.490 e. The molecule has 0 unspecified atom stereocenters. The predicted octanol–water partition coefficient (Wildman–Crippen LogP) is 3.54. The summed E-state index contributed by atoms with van der Waals surface area (Å²) in [4.78, 5) is 0. The van der Waals surface area contributed by atoms with Gasteiger partial charge in [-0.25, -0.2) is 0 Å². The highest BCUT2D eigenvalue weighted by molar-refractivity contribution is 9.10. The molecule has 0 atom stereocenters. The molecule has 4 heteroatoms. The van der Waals surface area contributed by atoms with Crippen LogP contribution in [0, 0.1) is 0 Å². The highest BCUT2D eigenvalue weighted by atomic mass is 79.9. The molecule has 0 saturated heterocycles. The number of hydrogen-bond acceptors (Lipinski definition) is 3. The molecule has 0 radical (unpaired) electrons. The van der Waals surface area contributed by atoms with Crippen molar-refractivity contribution in [2.75, 3.05) is 26.3 Å². The number of halogens is 1. The molecular formula is C15H22BrNO2. The van der Waals surface area contributed by atoms with Crippen molar-refractivity contribution < 1.29 is 9.47 Å².